The smallest absolute Gasteiger partial charge is 0.266 e. The Balaban J connectivity index is 1.73. The van der Waals surface area contributed by atoms with Crippen LogP contribution >= 0.6 is 0 Å². The van der Waals surface area contributed by atoms with Crippen LogP contribution in [0.3, 0.4) is 0 Å². The molecule has 5 nitrogen and oxygen atoms in total. The van der Waals surface area contributed by atoms with Crippen molar-refractivity contribution in [2.75, 3.05) is 7.11 Å². The predicted octanol–water partition coefficient (Wildman–Crippen LogP) is 5.99. The van der Waals surface area contributed by atoms with Crippen molar-refractivity contribution in [1.29, 1.82) is 0 Å². The zero-order valence-electron chi connectivity index (χ0n) is 18.9. The monoisotopic (exact) mass is 446 g/mol. The SMILES string of the molecule is COc1ccccc1C1c2c(nc(C)n(-c3ccccc3)c2=O)Oc2ccc3ccccc3c21. The number of benzene rings is 4. The summed E-state index contributed by atoms with van der Waals surface area (Å²) in [5, 5.41) is 2.12. The Hall–Kier alpha value is -4.38. The molecule has 1 aromatic heterocycles. The van der Waals surface area contributed by atoms with Crippen molar-refractivity contribution in [3.8, 4) is 23.1 Å². The Morgan fingerprint density at radius 1 is 0.853 bits per heavy atom. The number of para-hydroxylation sites is 2. The fourth-order valence-electron chi connectivity index (χ4n) is 4.95. The molecule has 1 unspecified atom stereocenters. The molecule has 1 atom stereocenters. The van der Waals surface area contributed by atoms with E-state index in [1.165, 1.54) is 0 Å². The zero-order valence-corrected chi connectivity index (χ0v) is 18.9. The van der Waals surface area contributed by atoms with E-state index in [-0.39, 0.29) is 5.56 Å². The van der Waals surface area contributed by atoms with Crippen molar-refractivity contribution in [3.63, 3.8) is 0 Å². The van der Waals surface area contributed by atoms with Gasteiger partial charge in [0.1, 0.15) is 17.3 Å². The van der Waals surface area contributed by atoms with E-state index >= 15 is 0 Å². The van der Waals surface area contributed by atoms with Gasteiger partial charge < -0.3 is 9.47 Å². The van der Waals surface area contributed by atoms with Crippen molar-refractivity contribution in [2.45, 2.75) is 12.8 Å². The molecule has 0 fully saturated rings. The average molecular weight is 447 g/mol. The standard InChI is InChI=1S/C29H22N2O3/c1-18-30-28-27(29(32)31(18)20-11-4-3-5-12-20)26(22-14-8-9-15-23(22)33-2)25-21-13-7-6-10-19(21)16-17-24(25)34-28/h3-17,26H,1-2H3. The van der Waals surface area contributed by atoms with Crippen LogP contribution in [0, 0.1) is 6.92 Å². The van der Waals surface area contributed by atoms with E-state index in [1.807, 2.05) is 85.8 Å². The Labute approximate surface area is 196 Å². The van der Waals surface area contributed by atoms with Gasteiger partial charge in [-0.2, -0.15) is 4.98 Å². The van der Waals surface area contributed by atoms with E-state index in [1.54, 1.807) is 11.7 Å². The third-order valence-electron chi connectivity index (χ3n) is 6.43. The van der Waals surface area contributed by atoms with Crippen LogP contribution < -0.4 is 15.0 Å². The average Bonchev–Trinajstić information content (AvgIpc) is 2.88. The molecule has 0 radical (unpaired) electrons. The maximum Gasteiger partial charge on any atom is 0.266 e. The first-order valence-corrected chi connectivity index (χ1v) is 11.2. The lowest BCUT2D eigenvalue weighted by Crippen LogP contribution is -2.31. The topological polar surface area (TPSA) is 53.4 Å². The van der Waals surface area contributed by atoms with Crippen LogP contribution in [0.25, 0.3) is 16.5 Å². The summed E-state index contributed by atoms with van der Waals surface area (Å²) in [6, 6.07) is 29.6. The van der Waals surface area contributed by atoms with Crippen LogP contribution in [0.2, 0.25) is 0 Å². The number of hydrogen-bond acceptors (Lipinski definition) is 4. The molecular formula is C29H22N2O3. The van der Waals surface area contributed by atoms with Gasteiger partial charge in [-0.25, -0.2) is 0 Å². The van der Waals surface area contributed by atoms with Crippen molar-refractivity contribution in [1.82, 2.24) is 9.55 Å². The largest absolute Gasteiger partial charge is 0.496 e. The summed E-state index contributed by atoms with van der Waals surface area (Å²) < 4.78 is 13.7. The quantitative estimate of drug-likeness (QED) is 0.335. The number of fused-ring (bicyclic) bond motifs is 4. The summed E-state index contributed by atoms with van der Waals surface area (Å²) in [5.74, 6) is 1.92. The van der Waals surface area contributed by atoms with E-state index in [4.69, 9.17) is 14.5 Å². The van der Waals surface area contributed by atoms with E-state index in [0.29, 0.717) is 28.8 Å². The Morgan fingerprint density at radius 3 is 2.41 bits per heavy atom. The van der Waals surface area contributed by atoms with Crippen LogP contribution in [0.5, 0.6) is 17.4 Å². The van der Waals surface area contributed by atoms with Gasteiger partial charge in [-0.05, 0) is 42.0 Å². The lowest BCUT2D eigenvalue weighted by Gasteiger charge is -2.30. The maximum absolute atomic E-state index is 14.2. The van der Waals surface area contributed by atoms with Gasteiger partial charge in [-0.15, -0.1) is 0 Å². The highest BCUT2D eigenvalue weighted by atomic mass is 16.5. The normalized spacial score (nSPS) is 14.2. The van der Waals surface area contributed by atoms with Crippen molar-refractivity contribution >= 4 is 10.8 Å². The summed E-state index contributed by atoms with van der Waals surface area (Å²) in [7, 11) is 1.65. The first kappa shape index (κ1) is 20.2. The molecule has 0 spiro atoms. The minimum absolute atomic E-state index is 0.150. The second-order valence-electron chi connectivity index (χ2n) is 8.33. The molecule has 0 saturated carbocycles. The van der Waals surface area contributed by atoms with Crippen LogP contribution in [0.1, 0.15) is 28.4 Å². The van der Waals surface area contributed by atoms with Crippen LogP contribution in [0.15, 0.2) is 95.8 Å². The summed E-state index contributed by atoms with van der Waals surface area (Å²) in [5.41, 5.74) is 2.96. The fourth-order valence-corrected chi connectivity index (χ4v) is 4.95. The van der Waals surface area contributed by atoms with Gasteiger partial charge in [0.2, 0.25) is 5.88 Å². The Bertz CT molecular complexity index is 1610. The molecular weight excluding hydrogens is 424 g/mol. The lowest BCUT2D eigenvalue weighted by molar-refractivity contribution is 0.402. The lowest BCUT2D eigenvalue weighted by atomic mass is 9.81. The first-order valence-electron chi connectivity index (χ1n) is 11.2. The Morgan fingerprint density at radius 2 is 1.59 bits per heavy atom. The van der Waals surface area contributed by atoms with Crippen molar-refractivity contribution in [2.24, 2.45) is 0 Å². The van der Waals surface area contributed by atoms with Crippen LogP contribution in [-0.2, 0) is 0 Å². The third-order valence-corrected chi connectivity index (χ3v) is 6.43. The number of ether oxygens (including phenoxy) is 2. The molecule has 6 rings (SSSR count). The van der Waals surface area contributed by atoms with E-state index in [2.05, 4.69) is 12.1 Å². The molecule has 5 heteroatoms. The molecule has 0 amide bonds. The fraction of sp³-hybridized carbons (Fsp3) is 0.103. The van der Waals surface area contributed by atoms with E-state index in [9.17, 15) is 4.79 Å². The zero-order chi connectivity index (χ0) is 23.2. The van der Waals surface area contributed by atoms with Gasteiger partial charge in [0, 0.05) is 11.1 Å². The molecule has 0 saturated heterocycles. The minimum atomic E-state index is -0.406. The highest BCUT2D eigenvalue weighted by molar-refractivity contribution is 5.90. The molecule has 0 aliphatic carbocycles. The first-order chi connectivity index (χ1) is 16.7. The second-order valence-corrected chi connectivity index (χ2v) is 8.33. The number of nitrogens with zero attached hydrogens (tertiary/aromatic N) is 2. The summed E-state index contributed by atoms with van der Waals surface area (Å²) >= 11 is 0. The Kier molecular flexibility index (Phi) is 4.69. The number of methoxy groups -OCH3 is 1. The minimum Gasteiger partial charge on any atom is -0.496 e. The number of rotatable bonds is 3. The van der Waals surface area contributed by atoms with Gasteiger partial charge >= 0.3 is 0 Å². The van der Waals surface area contributed by atoms with Crippen LogP contribution in [0.4, 0.5) is 0 Å². The maximum atomic E-state index is 14.2. The molecule has 0 N–H and O–H groups in total. The molecule has 1 aliphatic rings. The van der Waals surface area contributed by atoms with E-state index in [0.717, 1.165) is 27.6 Å². The van der Waals surface area contributed by atoms with Crippen molar-refractivity contribution in [3.05, 3.63) is 124 Å². The molecule has 2 heterocycles. The highest BCUT2D eigenvalue weighted by Crippen LogP contribution is 2.49. The van der Waals surface area contributed by atoms with Crippen molar-refractivity contribution < 1.29 is 9.47 Å². The molecule has 166 valence electrons. The summed E-state index contributed by atoms with van der Waals surface area (Å²) in [6.45, 7) is 1.83. The number of hydrogen-bond donors (Lipinski definition) is 0. The molecule has 5 aromatic rings. The van der Waals surface area contributed by atoms with Gasteiger partial charge in [0.15, 0.2) is 0 Å². The molecule has 34 heavy (non-hydrogen) atoms. The molecule has 1 aliphatic heterocycles. The summed E-state index contributed by atoms with van der Waals surface area (Å²) in [6.07, 6.45) is 0. The molecule has 0 bridgehead atoms. The van der Waals surface area contributed by atoms with Gasteiger partial charge in [-0.1, -0.05) is 66.7 Å². The number of aryl methyl sites for hydroxylation is 1. The van der Waals surface area contributed by atoms with Gasteiger partial charge in [0.25, 0.3) is 5.56 Å². The number of aromatic nitrogens is 2. The highest BCUT2D eigenvalue weighted by Gasteiger charge is 2.36. The van der Waals surface area contributed by atoms with E-state index < -0.39 is 5.92 Å². The summed E-state index contributed by atoms with van der Waals surface area (Å²) in [4.78, 5) is 18.9. The second kappa shape index (κ2) is 7.89. The molecule has 4 aromatic carbocycles. The third kappa shape index (κ3) is 3.01. The predicted molar refractivity (Wildman–Crippen MR) is 133 cm³/mol. The van der Waals surface area contributed by atoms with Gasteiger partial charge in [-0.3, -0.25) is 9.36 Å². The van der Waals surface area contributed by atoms with Crippen LogP contribution in [-0.4, -0.2) is 16.7 Å². The van der Waals surface area contributed by atoms with Gasteiger partial charge in [0.05, 0.1) is 24.3 Å².